The lowest BCUT2D eigenvalue weighted by Crippen LogP contribution is -2.40. The number of fused-ring (bicyclic) bond motifs is 2. The van der Waals surface area contributed by atoms with Crippen molar-refractivity contribution in [3.05, 3.63) is 28.8 Å². The summed E-state index contributed by atoms with van der Waals surface area (Å²) in [7, 11) is 1.70. The minimum absolute atomic E-state index is 0.240. The number of hydrogen-bond donors (Lipinski definition) is 0. The van der Waals surface area contributed by atoms with E-state index < -0.39 is 0 Å². The molecule has 0 N–H and O–H groups in total. The van der Waals surface area contributed by atoms with Crippen LogP contribution in [-0.4, -0.2) is 12.9 Å². The van der Waals surface area contributed by atoms with E-state index in [1.54, 1.807) is 7.11 Å². The van der Waals surface area contributed by atoms with Crippen molar-refractivity contribution in [1.29, 1.82) is 0 Å². The van der Waals surface area contributed by atoms with E-state index in [2.05, 4.69) is 32.9 Å². The molecule has 1 unspecified atom stereocenters. The summed E-state index contributed by atoms with van der Waals surface area (Å²) in [6, 6.07) is 4.17. The van der Waals surface area contributed by atoms with Gasteiger partial charge in [-0.2, -0.15) is 0 Å². The van der Waals surface area contributed by atoms with Crippen molar-refractivity contribution in [2.24, 2.45) is 5.41 Å². The minimum atomic E-state index is -0.240. The van der Waals surface area contributed by atoms with Gasteiger partial charge in [-0.05, 0) is 60.4 Å². The Labute approximate surface area is 121 Å². The first kappa shape index (κ1) is 13.7. The molecule has 0 aromatic heterocycles. The third-order valence-electron chi connectivity index (χ3n) is 5.31. The van der Waals surface area contributed by atoms with Crippen LogP contribution >= 0.6 is 0 Å². The minimum Gasteiger partial charge on any atom is -0.497 e. The van der Waals surface area contributed by atoms with E-state index in [-0.39, 0.29) is 10.8 Å². The number of aryl methyl sites for hydroxylation is 1. The number of carbonyl (C=O) groups is 1. The molecule has 0 heterocycles. The fraction of sp³-hybridized carbons (Fsp3) is 0.611. The summed E-state index contributed by atoms with van der Waals surface area (Å²) in [4.78, 5) is 12.8. The molecule has 1 spiro atoms. The smallest absolute Gasteiger partial charge is 0.147 e. The number of hydrogen-bond acceptors (Lipinski definition) is 2. The maximum absolute atomic E-state index is 12.8. The summed E-state index contributed by atoms with van der Waals surface area (Å²) in [5.74, 6) is 1.32. The molecule has 2 aliphatic rings. The Morgan fingerprint density at radius 1 is 1.20 bits per heavy atom. The van der Waals surface area contributed by atoms with Gasteiger partial charge in [-0.3, -0.25) is 4.79 Å². The molecule has 20 heavy (non-hydrogen) atoms. The van der Waals surface area contributed by atoms with E-state index in [1.165, 1.54) is 23.1 Å². The van der Waals surface area contributed by atoms with Crippen LogP contribution in [0.25, 0.3) is 0 Å². The molecule has 0 aliphatic heterocycles. The van der Waals surface area contributed by atoms with E-state index in [9.17, 15) is 4.79 Å². The Hall–Kier alpha value is -1.31. The maximum atomic E-state index is 12.8. The van der Waals surface area contributed by atoms with Gasteiger partial charge in [-0.25, -0.2) is 0 Å². The molecule has 0 amide bonds. The van der Waals surface area contributed by atoms with Crippen LogP contribution in [-0.2, 0) is 16.6 Å². The molecule has 0 saturated heterocycles. The van der Waals surface area contributed by atoms with E-state index in [1.807, 2.05) is 0 Å². The van der Waals surface area contributed by atoms with E-state index in [0.29, 0.717) is 12.2 Å². The molecule has 1 aromatic rings. The summed E-state index contributed by atoms with van der Waals surface area (Å²) in [6.07, 6.45) is 4.98. The fourth-order valence-electron chi connectivity index (χ4n) is 4.37. The van der Waals surface area contributed by atoms with Crippen LogP contribution in [0.15, 0.2) is 12.1 Å². The van der Waals surface area contributed by atoms with Crippen LogP contribution in [0.5, 0.6) is 5.75 Å². The van der Waals surface area contributed by atoms with E-state index in [0.717, 1.165) is 25.0 Å². The van der Waals surface area contributed by atoms with Crippen molar-refractivity contribution in [3.63, 3.8) is 0 Å². The number of methoxy groups -OCH3 is 1. The normalized spacial score (nSPS) is 27.7. The van der Waals surface area contributed by atoms with Crippen LogP contribution in [0.3, 0.4) is 0 Å². The maximum Gasteiger partial charge on any atom is 0.147 e. The number of benzene rings is 1. The Bertz CT molecular complexity index is 571. The molecule has 0 radical (unpaired) electrons. The molecule has 1 aromatic carbocycles. The van der Waals surface area contributed by atoms with Gasteiger partial charge in [0.1, 0.15) is 11.5 Å². The molecule has 2 aliphatic carbocycles. The molecular weight excluding hydrogens is 248 g/mol. The van der Waals surface area contributed by atoms with Gasteiger partial charge < -0.3 is 4.74 Å². The summed E-state index contributed by atoms with van der Waals surface area (Å²) in [6.45, 7) is 6.69. The number of ketones is 1. The second kappa shape index (κ2) is 4.34. The van der Waals surface area contributed by atoms with Crippen molar-refractivity contribution in [1.82, 2.24) is 0 Å². The molecule has 3 rings (SSSR count). The summed E-state index contributed by atoms with van der Waals surface area (Å²) < 4.78 is 5.43. The lowest BCUT2D eigenvalue weighted by molar-refractivity contribution is -0.125. The highest BCUT2D eigenvalue weighted by Crippen LogP contribution is 2.53. The Kier molecular flexibility index (Phi) is 2.97. The molecular formula is C18H24O2. The van der Waals surface area contributed by atoms with E-state index in [4.69, 9.17) is 4.74 Å². The zero-order valence-electron chi connectivity index (χ0n) is 13.0. The van der Waals surface area contributed by atoms with Crippen LogP contribution in [0.4, 0.5) is 0 Å². The van der Waals surface area contributed by atoms with Crippen LogP contribution in [0.1, 0.15) is 56.2 Å². The van der Waals surface area contributed by atoms with Gasteiger partial charge in [0, 0.05) is 6.42 Å². The standard InChI is InChI=1S/C18H24O2/c1-12-8-13(20-4)9-15-14(12)10-16(19)18(15)7-5-6-17(2,3)11-18/h8-9H,5-7,10-11H2,1-4H3. The number of rotatable bonds is 1. The zero-order chi connectivity index (χ0) is 14.5. The predicted molar refractivity (Wildman–Crippen MR) is 80.4 cm³/mol. The average molecular weight is 272 g/mol. The van der Waals surface area contributed by atoms with Crippen molar-refractivity contribution in [3.8, 4) is 5.75 Å². The van der Waals surface area contributed by atoms with Crippen LogP contribution in [0, 0.1) is 12.3 Å². The summed E-state index contributed by atoms with van der Waals surface area (Å²) >= 11 is 0. The van der Waals surface area contributed by atoms with Gasteiger partial charge in [0.2, 0.25) is 0 Å². The summed E-state index contributed by atoms with van der Waals surface area (Å²) in [5.41, 5.74) is 3.73. The number of Topliss-reactive ketones (excluding diaryl/α,β-unsaturated/α-hetero) is 1. The molecule has 1 fully saturated rings. The Balaban J connectivity index is 2.16. The fourth-order valence-corrected chi connectivity index (χ4v) is 4.37. The van der Waals surface area contributed by atoms with Crippen molar-refractivity contribution < 1.29 is 9.53 Å². The van der Waals surface area contributed by atoms with Gasteiger partial charge in [0.05, 0.1) is 12.5 Å². The third-order valence-corrected chi connectivity index (χ3v) is 5.31. The highest BCUT2D eigenvalue weighted by atomic mass is 16.5. The SMILES string of the molecule is COc1cc(C)c2c(c1)C1(CCCC(C)(C)C1)C(=O)C2. The van der Waals surface area contributed by atoms with Gasteiger partial charge in [-0.1, -0.05) is 20.3 Å². The Morgan fingerprint density at radius 3 is 2.60 bits per heavy atom. The molecule has 108 valence electrons. The van der Waals surface area contributed by atoms with Gasteiger partial charge in [-0.15, -0.1) is 0 Å². The first-order valence-corrected chi connectivity index (χ1v) is 7.59. The van der Waals surface area contributed by atoms with E-state index >= 15 is 0 Å². The number of ether oxygens (including phenoxy) is 1. The number of carbonyl (C=O) groups excluding carboxylic acids is 1. The molecule has 1 saturated carbocycles. The van der Waals surface area contributed by atoms with Crippen molar-refractivity contribution >= 4 is 5.78 Å². The van der Waals surface area contributed by atoms with Crippen molar-refractivity contribution in [2.45, 2.75) is 58.3 Å². The lowest BCUT2D eigenvalue weighted by atomic mass is 9.61. The van der Waals surface area contributed by atoms with Gasteiger partial charge >= 0.3 is 0 Å². The third kappa shape index (κ3) is 1.88. The van der Waals surface area contributed by atoms with Crippen molar-refractivity contribution in [2.75, 3.05) is 7.11 Å². The first-order valence-electron chi connectivity index (χ1n) is 7.59. The topological polar surface area (TPSA) is 26.3 Å². The highest BCUT2D eigenvalue weighted by Gasteiger charge is 2.51. The molecule has 2 heteroatoms. The quantitative estimate of drug-likeness (QED) is 0.773. The highest BCUT2D eigenvalue weighted by molar-refractivity contribution is 5.97. The van der Waals surface area contributed by atoms with Crippen LogP contribution < -0.4 is 4.74 Å². The lowest BCUT2D eigenvalue weighted by Gasteiger charge is -2.42. The predicted octanol–water partition coefficient (Wildman–Crippen LogP) is 3.97. The van der Waals surface area contributed by atoms with Gasteiger partial charge in [0.25, 0.3) is 0 Å². The monoisotopic (exact) mass is 272 g/mol. The zero-order valence-corrected chi connectivity index (χ0v) is 13.0. The van der Waals surface area contributed by atoms with Gasteiger partial charge in [0.15, 0.2) is 0 Å². The largest absolute Gasteiger partial charge is 0.497 e. The second-order valence-corrected chi connectivity index (χ2v) is 7.35. The first-order chi connectivity index (χ1) is 9.38. The average Bonchev–Trinajstić information content (AvgIpc) is 2.63. The Morgan fingerprint density at radius 2 is 1.95 bits per heavy atom. The summed E-state index contributed by atoms with van der Waals surface area (Å²) in [5, 5.41) is 0. The molecule has 1 atom stereocenters. The van der Waals surface area contributed by atoms with Crippen LogP contribution in [0.2, 0.25) is 0 Å². The second-order valence-electron chi connectivity index (χ2n) is 7.35. The molecule has 0 bridgehead atoms. The molecule has 2 nitrogen and oxygen atoms in total.